The van der Waals surface area contributed by atoms with E-state index in [1.807, 2.05) is 23.1 Å². The Morgan fingerprint density at radius 1 is 1.58 bits per heavy atom. The van der Waals surface area contributed by atoms with Crippen molar-refractivity contribution in [1.29, 1.82) is 0 Å². The molecule has 0 saturated carbocycles. The van der Waals surface area contributed by atoms with Crippen molar-refractivity contribution in [3.63, 3.8) is 0 Å². The molecule has 1 aliphatic rings. The average Bonchev–Trinajstić information content (AvgIpc) is 2.46. The highest BCUT2D eigenvalue weighted by Gasteiger charge is 2.14. The highest BCUT2D eigenvalue weighted by atomic mass is 15.3. The molecular formula is C8H14N4. The maximum absolute atomic E-state index is 4.12. The minimum absolute atomic E-state index is 0.681. The average molecular weight is 166 g/mol. The molecule has 0 radical (unpaired) electrons. The molecule has 0 spiro atoms. The molecule has 1 aromatic rings. The zero-order valence-electron chi connectivity index (χ0n) is 7.03. The van der Waals surface area contributed by atoms with Crippen LogP contribution in [0.4, 0.5) is 0 Å². The molecule has 4 nitrogen and oxygen atoms in total. The summed E-state index contributed by atoms with van der Waals surface area (Å²) in [6.45, 7) is 4.19. The van der Waals surface area contributed by atoms with Gasteiger partial charge in [-0.05, 0) is 6.07 Å². The summed E-state index contributed by atoms with van der Waals surface area (Å²) < 4.78 is 1.94. The molecule has 0 amide bonds. The van der Waals surface area contributed by atoms with Crippen molar-refractivity contribution >= 4 is 0 Å². The van der Waals surface area contributed by atoms with Crippen LogP contribution in [-0.4, -0.2) is 35.5 Å². The van der Waals surface area contributed by atoms with Gasteiger partial charge in [0, 0.05) is 38.1 Å². The highest BCUT2D eigenvalue weighted by molar-refractivity contribution is 4.82. The quantitative estimate of drug-likeness (QED) is 0.630. The van der Waals surface area contributed by atoms with Gasteiger partial charge in [-0.15, -0.1) is 0 Å². The molecule has 66 valence electrons. The first-order valence-corrected chi connectivity index (χ1v) is 4.37. The molecule has 1 aliphatic heterocycles. The first-order chi connectivity index (χ1) is 5.95. The molecule has 0 bridgehead atoms. The van der Waals surface area contributed by atoms with Gasteiger partial charge in [-0.1, -0.05) is 0 Å². The van der Waals surface area contributed by atoms with Crippen LogP contribution in [0.25, 0.3) is 0 Å². The number of hydrogen-bond acceptors (Lipinski definition) is 3. The molecule has 0 atom stereocenters. The SMILES string of the molecule is c1cnn(CCNC2CNC2)c1. The number of aromatic nitrogens is 2. The monoisotopic (exact) mass is 166 g/mol. The summed E-state index contributed by atoms with van der Waals surface area (Å²) in [6, 6.07) is 2.63. The standard InChI is InChI=1S/C8H14N4/c1-2-11-12(4-1)5-3-10-8-6-9-7-8/h1-2,4,8-10H,3,5-7H2. The number of nitrogens with one attached hydrogen (secondary N) is 2. The zero-order valence-corrected chi connectivity index (χ0v) is 7.03. The van der Waals surface area contributed by atoms with Crippen LogP contribution in [0.1, 0.15) is 0 Å². The lowest BCUT2D eigenvalue weighted by Gasteiger charge is -2.28. The minimum atomic E-state index is 0.681. The van der Waals surface area contributed by atoms with Gasteiger partial charge in [0.1, 0.15) is 0 Å². The third-order valence-corrected chi connectivity index (χ3v) is 2.11. The fourth-order valence-corrected chi connectivity index (χ4v) is 1.25. The summed E-state index contributed by atoms with van der Waals surface area (Å²) in [5.74, 6) is 0. The Kier molecular flexibility index (Phi) is 2.39. The molecule has 1 fully saturated rings. The van der Waals surface area contributed by atoms with Crippen LogP contribution in [0.15, 0.2) is 18.5 Å². The lowest BCUT2D eigenvalue weighted by molar-refractivity contribution is 0.357. The van der Waals surface area contributed by atoms with Gasteiger partial charge in [0.2, 0.25) is 0 Å². The van der Waals surface area contributed by atoms with Gasteiger partial charge in [-0.3, -0.25) is 4.68 Å². The summed E-state index contributed by atoms with van der Waals surface area (Å²) >= 11 is 0. The van der Waals surface area contributed by atoms with Crippen LogP contribution in [0.5, 0.6) is 0 Å². The van der Waals surface area contributed by atoms with Crippen LogP contribution in [-0.2, 0) is 6.54 Å². The van der Waals surface area contributed by atoms with Crippen LogP contribution in [0.2, 0.25) is 0 Å². The Labute approximate surface area is 72.0 Å². The van der Waals surface area contributed by atoms with E-state index >= 15 is 0 Å². The molecule has 1 saturated heterocycles. The summed E-state index contributed by atoms with van der Waals surface area (Å²) in [4.78, 5) is 0. The van der Waals surface area contributed by atoms with Crippen molar-refractivity contribution in [2.24, 2.45) is 0 Å². The van der Waals surface area contributed by atoms with E-state index in [0.717, 1.165) is 26.2 Å². The highest BCUT2D eigenvalue weighted by Crippen LogP contribution is 1.90. The van der Waals surface area contributed by atoms with Crippen LogP contribution < -0.4 is 10.6 Å². The van der Waals surface area contributed by atoms with E-state index in [1.165, 1.54) is 0 Å². The van der Waals surface area contributed by atoms with Crippen LogP contribution >= 0.6 is 0 Å². The second-order valence-electron chi connectivity index (χ2n) is 3.08. The molecule has 2 rings (SSSR count). The minimum Gasteiger partial charge on any atom is -0.314 e. The first kappa shape index (κ1) is 7.76. The maximum Gasteiger partial charge on any atom is 0.0534 e. The molecule has 2 N–H and O–H groups in total. The third-order valence-electron chi connectivity index (χ3n) is 2.11. The Morgan fingerprint density at radius 3 is 3.08 bits per heavy atom. The lowest BCUT2D eigenvalue weighted by atomic mass is 10.2. The van der Waals surface area contributed by atoms with Crippen molar-refractivity contribution in [3.05, 3.63) is 18.5 Å². The number of rotatable bonds is 4. The fourth-order valence-electron chi connectivity index (χ4n) is 1.25. The molecule has 1 aromatic heterocycles. The number of nitrogens with zero attached hydrogens (tertiary/aromatic N) is 2. The van der Waals surface area contributed by atoms with E-state index in [9.17, 15) is 0 Å². The van der Waals surface area contributed by atoms with Gasteiger partial charge in [-0.25, -0.2) is 0 Å². The van der Waals surface area contributed by atoms with Crippen LogP contribution in [0.3, 0.4) is 0 Å². The predicted molar refractivity (Wildman–Crippen MR) is 46.9 cm³/mol. The van der Waals surface area contributed by atoms with Gasteiger partial charge < -0.3 is 10.6 Å². The zero-order chi connectivity index (χ0) is 8.23. The summed E-state index contributed by atoms with van der Waals surface area (Å²) in [5, 5.41) is 10.8. The van der Waals surface area contributed by atoms with E-state index in [0.29, 0.717) is 6.04 Å². The number of hydrogen-bond donors (Lipinski definition) is 2. The molecule has 0 aliphatic carbocycles. The Morgan fingerprint density at radius 2 is 2.50 bits per heavy atom. The van der Waals surface area contributed by atoms with Crippen molar-refractivity contribution in [2.75, 3.05) is 19.6 Å². The smallest absolute Gasteiger partial charge is 0.0534 e. The molecule has 12 heavy (non-hydrogen) atoms. The Hall–Kier alpha value is -0.870. The lowest BCUT2D eigenvalue weighted by Crippen LogP contribution is -2.55. The van der Waals surface area contributed by atoms with E-state index in [4.69, 9.17) is 0 Å². The summed E-state index contributed by atoms with van der Waals surface area (Å²) in [6.07, 6.45) is 3.80. The van der Waals surface area contributed by atoms with Gasteiger partial charge in [0.15, 0.2) is 0 Å². The molecule has 0 aromatic carbocycles. The normalized spacial score (nSPS) is 17.7. The summed E-state index contributed by atoms with van der Waals surface area (Å²) in [7, 11) is 0. The molecular weight excluding hydrogens is 152 g/mol. The Balaban J connectivity index is 1.62. The van der Waals surface area contributed by atoms with Gasteiger partial charge in [0.25, 0.3) is 0 Å². The Bertz CT molecular complexity index is 215. The molecule has 4 heteroatoms. The maximum atomic E-state index is 4.12. The van der Waals surface area contributed by atoms with Crippen LogP contribution in [0, 0.1) is 0 Å². The van der Waals surface area contributed by atoms with Gasteiger partial charge in [-0.2, -0.15) is 5.10 Å². The van der Waals surface area contributed by atoms with Crippen molar-refractivity contribution in [1.82, 2.24) is 20.4 Å². The predicted octanol–water partition coefficient (Wildman–Crippen LogP) is -0.555. The van der Waals surface area contributed by atoms with Gasteiger partial charge in [0.05, 0.1) is 6.54 Å². The second-order valence-corrected chi connectivity index (χ2v) is 3.08. The van der Waals surface area contributed by atoms with E-state index in [1.54, 1.807) is 0 Å². The molecule has 0 unspecified atom stereocenters. The van der Waals surface area contributed by atoms with Gasteiger partial charge >= 0.3 is 0 Å². The van der Waals surface area contributed by atoms with E-state index in [2.05, 4.69) is 15.7 Å². The summed E-state index contributed by atoms with van der Waals surface area (Å²) in [5.41, 5.74) is 0. The van der Waals surface area contributed by atoms with Crippen molar-refractivity contribution in [3.8, 4) is 0 Å². The van der Waals surface area contributed by atoms with E-state index in [-0.39, 0.29) is 0 Å². The molecule has 2 heterocycles. The van der Waals surface area contributed by atoms with Crippen molar-refractivity contribution < 1.29 is 0 Å². The van der Waals surface area contributed by atoms with Crippen molar-refractivity contribution in [2.45, 2.75) is 12.6 Å². The fraction of sp³-hybridized carbons (Fsp3) is 0.625. The van der Waals surface area contributed by atoms with E-state index < -0.39 is 0 Å². The second kappa shape index (κ2) is 3.69. The largest absolute Gasteiger partial charge is 0.314 e. The topological polar surface area (TPSA) is 41.9 Å². The first-order valence-electron chi connectivity index (χ1n) is 4.37. The third kappa shape index (κ3) is 1.84.